The number of rotatable bonds is 8. The number of Topliss-reactive ketones (excluding diaryl/α,β-unsaturated/α-hetero) is 1. The number of H-pyrrole nitrogens is 1. The van der Waals surface area contributed by atoms with Gasteiger partial charge in [0.05, 0.1) is 17.7 Å². The van der Waals surface area contributed by atoms with Crippen molar-refractivity contribution in [1.82, 2.24) is 19.4 Å². The average molecular weight is 538 g/mol. The molecule has 2 aliphatic heterocycles. The van der Waals surface area contributed by atoms with E-state index < -0.39 is 5.54 Å². The second-order valence-electron chi connectivity index (χ2n) is 11.0. The maximum absolute atomic E-state index is 14.1. The zero-order chi connectivity index (χ0) is 27.7. The molecular weight excluding hydrogens is 502 g/mol. The van der Waals surface area contributed by atoms with Crippen LogP contribution in [0.15, 0.2) is 83.7 Å². The minimum Gasteiger partial charge on any atom is -0.339 e. The van der Waals surface area contributed by atoms with E-state index in [-0.39, 0.29) is 17.4 Å². The van der Waals surface area contributed by atoms with Gasteiger partial charge in [-0.3, -0.25) is 14.2 Å². The first kappa shape index (κ1) is 26.1. The Morgan fingerprint density at radius 3 is 2.42 bits per heavy atom. The minimum atomic E-state index is -0.580. The molecular formula is C32H35N5O3. The third-order valence-electron chi connectivity index (χ3n) is 8.51. The summed E-state index contributed by atoms with van der Waals surface area (Å²) in [6.07, 6.45) is 2.36. The van der Waals surface area contributed by atoms with Crippen molar-refractivity contribution in [2.45, 2.75) is 44.8 Å². The molecule has 3 heterocycles. The monoisotopic (exact) mass is 537 g/mol. The molecule has 40 heavy (non-hydrogen) atoms. The summed E-state index contributed by atoms with van der Waals surface area (Å²) in [5, 5.41) is 0. The van der Waals surface area contributed by atoms with Crippen LogP contribution in [-0.2, 0) is 17.9 Å². The lowest BCUT2D eigenvalue weighted by molar-refractivity contribution is -0.134. The molecule has 0 radical (unpaired) electrons. The van der Waals surface area contributed by atoms with Crippen molar-refractivity contribution < 1.29 is 9.59 Å². The van der Waals surface area contributed by atoms with Gasteiger partial charge in [0.1, 0.15) is 5.54 Å². The molecule has 3 aromatic carbocycles. The highest BCUT2D eigenvalue weighted by atomic mass is 16.2. The number of aryl methyl sites for hydroxylation is 1. The fourth-order valence-electron chi connectivity index (χ4n) is 6.36. The molecule has 1 amide bonds. The number of anilines is 1. The van der Waals surface area contributed by atoms with E-state index in [9.17, 15) is 14.4 Å². The Bertz CT molecular complexity index is 1580. The Kier molecular flexibility index (Phi) is 7.02. The van der Waals surface area contributed by atoms with Crippen LogP contribution in [0.4, 0.5) is 5.69 Å². The van der Waals surface area contributed by atoms with E-state index in [4.69, 9.17) is 0 Å². The van der Waals surface area contributed by atoms with Gasteiger partial charge in [0, 0.05) is 37.4 Å². The number of piperidine rings is 1. The van der Waals surface area contributed by atoms with Crippen LogP contribution in [0.5, 0.6) is 0 Å². The van der Waals surface area contributed by atoms with Crippen LogP contribution in [0.1, 0.15) is 42.1 Å². The first-order chi connectivity index (χ1) is 19.4. The van der Waals surface area contributed by atoms with Gasteiger partial charge in [-0.25, -0.2) is 4.79 Å². The molecule has 1 aromatic heterocycles. The lowest BCUT2D eigenvalue weighted by Gasteiger charge is -2.43. The maximum atomic E-state index is 14.1. The van der Waals surface area contributed by atoms with Crippen LogP contribution in [0.3, 0.4) is 0 Å². The lowest BCUT2D eigenvalue weighted by atomic mass is 9.85. The molecule has 1 spiro atoms. The van der Waals surface area contributed by atoms with E-state index in [1.165, 1.54) is 0 Å². The van der Waals surface area contributed by atoms with Crippen molar-refractivity contribution in [3.63, 3.8) is 0 Å². The number of hydrogen-bond acceptors (Lipinski definition) is 5. The SMILES string of the molecule is CC(=O)c1cccc(CN2CN(c3ccccc3)C3(CCN(CCCn4c(=O)[nH]c5ccccc54)CC3)C2=O)c1. The van der Waals surface area contributed by atoms with Crippen LogP contribution in [0.25, 0.3) is 11.0 Å². The van der Waals surface area contributed by atoms with Gasteiger partial charge in [-0.05, 0) is 68.6 Å². The number of likely N-dealkylation sites (tertiary alicyclic amines) is 1. The highest BCUT2D eigenvalue weighted by Crippen LogP contribution is 2.40. The van der Waals surface area contributed by atoms with Crippen molar-refractivity contribution in [2.75, 3.05) is 31.2 Å². The number of nitrogens with one attached hydrogen (secondary N) is 1. The number of benzene rings is 3. The van der Waals surface area contributed by atoms with Gasteiger partial charge in [0.15, 0.2) is 5.78 Å². The van der Waals surface area contributed by atoms with Crippen LogP contribution in [0.2, 0.25) is 0 Å². The maximum Gasteiger partial charge on any atom is 0.326 e. The Morgan fingerprint density at radius 1 is 0.900 bits per heavy atom. The Hall–Kier alpha value is -4.17. The molecule has 0 saturated carbocycles. The van der Waals surface area contributed by atoms with Gasteiger partial charge in [-0.2, -0.15) is 0 Å². The molecule has 206 valence electrons. The van der Waals surface area contributed by atoms with Crippen LogP contribution in [-0.4, -0.2) is 62.9 Å². The fourth-order valence-corrected chi connectivity index (χ4v) is 6.36. The summed E-state index contributed by atoms with van der Waals surface area (Å²) < 4.78 is 1.82. The lowest BCUT2D eigenvalue weighted by Crippen LogP contribution is -2.56. The predicted molar refractivity (Wildman–Crippen MR) is 156 cm³/mol. The standard InChI is InChI=1S/C32H35N5O3/c1-24(38)26-10-7-9-25(21-26)22-35-23-37(27-11-3-2-4-12-27)32(30(35)39)15-19-34(20-16-32)17-8-18-36-29-14-6-5-13-28(29)33-31(36)40/h2-7,9-14,21H,8,15-20,22-23H2,1H3,(H,33,40). The summed E-state index contributed by atoms with van der Waals surface area (Å²) in [5.74, 6) is 0.188. The number of para-hydroxylation sites is 3. The quantitative estimate of drug-likeness (QED) is 0.340. The highest BCUT2D eigenvalue weighted by molar-refractivity contribution is 5.95. The molecule has 2 fully saturated rings. The summed E-state index contributed by atoms with van der Waals surface area (Å²) in [4.78, 5) is 48.0. The number of aromatic nitrogens is 2. The molecule has 1 N–H and O–H groups in total. The molecule has 2 saturated heterocycles. The molecule has 2 aliphatic rings. The van der Waals surface area contributed by atoms with Crippen molar-refractivity contribution >= 4 is 28.4 Å². The summed E-state index contributed by atoms with van der Waals surface area (Å²) in [6, 6.07) is 25.6. The zero-order valence-corrected chi connectivity index (χ0v) is 22.9. The number of imidazole rings is 1. The number of carbonyl (C=O) groups excluding carboxylic acids is 2. The van der Waals surface area contributed by atoms with Crippen LogP contribution < -0.4 is 10.6 Å². The fraction of sp³-hybridized carbons (Fsp3) is 0.344. The zero-order valence-electron chi connectivity index (χ0n) is 22.9. The van der Waals surface area contributed by atoms with Gasteiger partial charge >= 0.3 is 5.69 Å². The third-order valence-corrected chi connectivity index (χ3v) is 8.51. The average Bonchev–Trinajstić information content (AvgIpc) is 3.43. The van der Waals surface area contributed by atoms with Gasteiger partial charge < -0.3 is 19.7 Å². The number of ketones is 1. The first-order valence-corrected chi connectivity index (χ1v) is 14.1. The van der Waals surface area contributed by atoms with E-state index in [1.807, 2.05) is 76.2 Å². The number of hydrogen-bond donors (Lipinski definition) is 1. The number of aromatic amines is 1. The van der Waals surface area contributed by atoms with Gasteiger partial charge in [0.25, 0.3) is 0 Å². The summed E-state index contributed by atoms with van der Waals surface area (Å²) >= 11 is 0. The molecule has 8 nitrogen and oxygen atoms in total. The van der Waals surface area contributed by atoms with Crippen molar-refractivity contribution in [1.29, 1.82) is 0 Å². The topological polar surface area (TPSA) is 81.7 Å². The Balaban J connectivity index is 1.15. The Labute approximate surface area is 233 Å². The largest absolute Gasteiger partial charge is 0.339 e. The van der Waals surface area contributed by atoms with E-state index in [0.29, 0.717) is 25.3 Å². The third kappa shape index (κ3) is 4.84. The molecule has 0 bridgehead atoms. The highest BCUT2D eigenvalue weighted by Gasteiger charge is 2.53. The number of carbonyl (C=O) groups is 2. The molecule has 8 heteroatoms. The van der Waals surface area contributed by atoms with Gasteiger partial charge in [-0.15, -0.1) is 0 Å². The smallest absolute Gasteiger partial charge is 0.326 e. The predicted octanol–water partition coefficient (Wildman–Crippen LogP) is 4.26. The number of fused-ring (bicyclic) bond motifs is 1. The second kappa shape index (κ2) is 10.8. The summed E-state index contributed by atoms with van der Waals surface area (Å²) in [7, 11) is 0. The van der Waals surface area contributed by atoms with E-state index in [2.05, 4.69) is 26.9 Å². The Morgan fingerprint density at radius 2 is 1.65 bits per heavy atom. The number of nitrogens with zero attached hydrogens (tertiary/aromatic N) is 4. The van der Waals surface area contributed by atoms with Crippen LogP contribution >= 0.6 is 0 Å². The van der Waals surface area contributed by atoms with Crippen LogP contribution in [0, 0.1) is 0 Å². The van der Waals surface area contributed by atoms with Crippen molar-refractivity contribution in [2.24, 2.45) is 0 Å². The normalized spacial score (nSPS) is 17.3. The van der Waals surface area contributed by atoms with E-state index >= 15 is 0 Å². The molecule has 6 rings (SSSR count). The van der Waals surface area contributed by atoms with Gasteiger partial charge in [-0.1, -0.05) is 48.5 Å². The minimum absolute atomic E-state index is 0.0268. The second-order valence-corrected chi connectivity index (χ2v) is 11.0. The summed E-state index contributed by atoms with van der Waals surface area (Å²) in [6.45, 7) is 5.76. The number of amides is 1. The molecule has 4 aromatic rings. The summed E-state index contributed by atoms with van der Waals surface area (Å²) in [5.41, 5.74) is 3.85. The molecule has 0 aliphatic carbocycles. The van der Waals surface area contributed by atoms with Crippen molar-refractivity contribution in [3.05, 3.63) is 100 Å². The van der Waals surface area contributed by atoms with Gasteiger partial charge in [0.2, 0.25) is 5.91 Å². The molecule has 0 unspecified atom stereocenters. The first-order valence-electron chi connectivity index (χ1n) is 14.1. The van der Waals surface area contributed by atoms with Crippen molar-refractivity contribution in [3.8, 4) is 0 Å². The van der Waals surface area contributed by atoms with E-state index in [0.717, 1.165) is 61.2 Å². The van der Waals surface area contributed by atoms with E-state index in [1.54, 1.807) is 6.92 Å². The molecule has 0 atom stereocenters.